The molecule has 0 aliphatic heterocycles. The highest BCUT2D eigenvalue weighted by atomic mass is 35.5. The van der Waals surface area contributed by atoms with Crippen molar-refractivity contribution in [2.75, 3.05) is 23.8 Å². The van der Waals surface area contributed by atoms with Crippen LogP contribution < -0.4 is 10.0 Å². The first-order chi connectivity index (χ1) is 29.4. The Hall–Kier alpha value is -5.41. The highest BCUT2D eigenvalue weighted by Gasteiger charge is 2.68. The largest absolute Gasteiger partial charge is 0.435 e. The van der Waals surface area contributed by atoms with Crippen LogP contribution in [-0.2, 0) is 49.8 Å². The summed E-state index contributed by atoms with van der Waals surface area (Å²) in [6, 6.07) is 6.92. The van der Waals surface area contributed by atoms with Gasteiger partial charge in [0.2, 0.25) is 15.9 Å². The van der Waals surface area contributed by atoms with E-state index < -0.39 is 126 Å². The van der Waals surface area contributed by atoms with E-state index in [0.717, 1.165) is 18.4 Å². The van der Waals surface area contributed by atoms with Gasteiger partial charge in [-0.05, 0) is 68.0 Å². The second-order valence-electron chi connectivity index (χ2n) is 15.9. The molecular formula is C39H32ClF10N7O5S2. The maximum atomic E-state index is 15.3. The lowest BCUT2D eigenvalue weighted by Crippen LogP contribution is -2.34. The molecule has 64 heavy (non-hydrogen) atoms. The number of nitrogens with one attached hydrogen (secondary N) is 2. The summed E-state index contributed by atoms with van der Waals surface area (Å²) >= 11 is 6.46. The minimum absolute atomic E-state index is 0.161. The first kappa shape index (κ1) is 46.6. The van der Waals surface area contributed by atoms with Crippen molar-refractivity contribution >= 4 is 54.1 Å². The zero-order valence-electron chi connectivity index (χ0n) is 33.4. The zero-order valence-corrected chi connectivity index (χ0v) is 35.7. The molecule has 2 aliphatic carbocycles. The van der Waals surface area contributed by atoms with Gasteiger partial charge in [0.05, 0.1) is 27.9 Å². The van der Waals surface area contributed by atoms with Gasteiger partial charge in [0.15, 0.2) is 21.3 Å². The predicted octanol–water partition coefficient (Wildman–Crippen LogP) is 7.51. The number of rotatable bonds is 11. The number of anilines is 1. The van der Waals surface area contributed by atoms with Gasteiger partial charge in [-0.25, -0.2) is 30.6 Å². The minimum Gasteiger partial charge on any atom is -0.353 e. The van der Waals surface area contributed by atoms with Crippen LogP contribution >= 0.6 is 11.6 Å². The monoisotopic (exact) mass is 967 g/mol. The molecule has 0 unspecified atom stereocenters. The summed E-state index contributed by atoms with van der Waals surface area (Å²) in [6.45, 7) is -1.22. The fourth-order valence-electron chi connectivity index (χ4n) is 7.52. The van der Waals surface area contributed by atoms with Crippen molar-refractivity contribution in [3.05, 3.63) is 93.0 Å². The summed E-state index contributed by atoms with van der Waals surface area (Å²) < 4.78 is 195. The van der Waals surface area contributed by atoms with Crippen molar-refractivity contribution in [3.8, 4) is 23.0 Å². The number of fused-ring (bicyclic) bond motifs is 4. The highest BCUT2D eigenvalue weighted by Crippen LogP contribution is 2.68. The molecule has 2 aliphatic rings. The summed E-state index contributed by atoms with van der Waals surface area (Å²) in [5.41, 5.74) is -5.01. The van der Waals surface area contributed by atoms with Crippen LogP contribution in [0.2, 0.25) is 5.02 Å². The zero-order chi connectivity index (χ0) is 47.3. The second-order valence-corrected chi connectivity index (χ2v) is 20.6. The number of sulfonamides is 1. The highest BCUT2D eigenvalue weighted by molar-refractivity contribution is 7.92. The smallest absolute Gasteiger partial charge is 0.353 e. The van der Waals surface area contributed by atoms with E-state index >= 15 is 17.6 Å². The molecule has 1 saturated carbocycles. The molecule has 0 saturated heterocycles. The van der Waals surface area contributed by atoms with Gasteiger partial charge in [-0.1, -0.05) is 23.6 Å². The van der Waals surface area contributed by atoms with E-state index in [1.54, 1.807) is 0 Å². The maximum Gasteiger partial charge on any atom is 0.435 e. The first-order valence-electron chi connectivity index (χ1n) is 18.6. The molecule has 25 heteroatoms. The number of aromatic nitrogens is 5. The van der Waals surface area contributed by atoms with E-state index in [4.69, 9.17) is 11.6 Å². The number of carbonyl (C=O) groups is 1. The Labute approximate surface area is 362 Å². The van der Waals surface area contributed by atoms with Crippen molar-refractivity contribution in [3.63, 3.8) is 0 Å². The number of hydrogen-bond donors (Lipinski definition) is 2. The van der Waals surface area contributed by atoms with Crippen LogP contribution in [0.3, 0.4) is 0 Å². The average molecular weight is 968 g/mol. The predicted molar refractivity (Wildman–Crippen MR) is 211 cm³/mol. The van der Waals surface area contributed by atoms with Gasteiger partial charge >= 0.3 is 12.4 Å². The molecule has 12 nitrogen and oxygen atoms in total. The van der Waals surface area contributed by atoms with E-state index in [9.17, 15) is 48.0 Å². The third-order valence-electron chi connectivity index (χ3n) is 10.7. The summed E-state index contributed by atoms with van der Waals surface area (Å²) in [6.07, 6.45) is -8.73. The minimum atomic E-state index is -5.15. The molecule has 0 spiro atoms. The topological polar surface area (TPSA) is 158 Å². The number of hydrogen-bond acceptors (Lipinski definition) is 8. The van der Waals surface area contributed by atoms with Gasteiger partial charge in [0, 0.05) is 47.4 Å². The van der Waals surface area contributed by atoms with Crippen LogP contribution in [0.25, 0.3) is 22.0 Å². The molecule has 342 valence electrons. The number of carbonyl (C=O) groups excluding carboxylic acids is 1. The maximum absolute atomic E-state index is 15.3. The second kappa shape index (κ2) is 15.6. The third-order valence-corrected chi connectivity index (χ3v) is 13.5. The lowest BCUT2D eigenvalue weighted by molar-refractivity contribution is -0.142. The van der Waals surface area contributed by atoms with Crippen LogP contribution in [0, 0.1) is 29.4 Å². The van der Waals surface area contributed by atoms with Crippen LogP contribution in [-0.4, -0.2) is 77.3 Å². The Bertz CT molecular complexity index is 3030. The molecule has 1 amide bonds. The Morgan fingerprint density at radius 1 is 0.953 bits per heavy atom. The van der Waals surface area contributed by atoms with E-state index in [-0.39, 0.29) is 49.6 Å². The number of benzene rings is 2. The van der Waals surface area contributed by atoms with E-state index in [2.05, 4.69) is 32.3 Å². The number of pyridine rings is 1. The molecule has 0 bridgehead atoms. The third kappa shape index (κ3) is 9.10. The molecule has 2 aromatic carbocycles. The number of amides is 1. The fraction of sp³-hybridized carbons (Fsp3) is 0.385. The lowest BCUT2D eigenvalue weighted by atomic mass is 9.88. The molecule has 1 fully saturated rings. The van der Waals surface area contributed by atoms with E-state index in [1.807, 2.05) is 4.72 Å². The van der Waals surface area contributed by atoms with Gasteiger partial charge in [-0.2, -0.15) is 45.3 Å². The Morgan fingerprint density at radius 2 is 1.59 bits per heavy atom. The van der Waals surface area contributed by atoms with Crippen LogP contribution in [0.5, 0.6) is 0 Å². The van der Waals surface area contributed by atoms with Crippen LogP contribution in [0.15, 0.2) is 42.5 Å². The van der Waals surface area contributed by atoms with Crippen molar-refractivity contribution in [1.82, 2.24) is 29.9 Å². The normalized spacial score (nSPS) is 17.7. The molecular weight excluding hydrogens is 936 g/mol. The molecule has 7 rings (SSSR count). The molecule has 3 heterocycles. The number of sulfone groups is 1. The summed E-state index contributed by atoms with van der Waals surface area (Å²) in [4.78, 5) is 18.1. The standard InChI is InChI=1S/C39H32ClF10N7O5S2/c1-36(2,63(3,59)60)10-9-21-5-6-22(23-7-8-27(40)30-32(23)57(17-37(43,44)45)54-35(30)55-64(4,61)62)31(52-21)25(18-11-19(41)13-20(42)12-18)15-51-28(58)16-56-34-29(33(53-56)39(48,49)50)24-14-26(24)38(34,46)47/h5-8,11-13,24-26H,14-17H2,1-4H3,(H,51,58)(H,54,55)/t24-,25+,26+/m0/s1. The van der Waals surface area contributed by atoms with E-state index in [1.165, 1.54) is 38.1 Å². The Balaban J connectivity index is 1.41. The Kier molecular flexibility index (Phi) is 11.4. The van der Waals surface area contributed by atoms with Crippen molar-refractivity contribution in [1.29, 1.82) is 0 Å². The average Bonchev–Trinajstić information content (AvgIpc) is 3.66. The van der Waals surface area contributed by atoms with Gasteiger partial charge in [-0.3, -0.25) is 18.9 Å². The van der Waals surface area contributed by atoms with Gasteiger partial charge in [0.1, 0.15) is 40.9 Å². The molecule has 5 aromatic rings. The summed E-state index contributed by atoms with van der Waals surface area (Å²) in [5, 5.41) is 8.93. The van der Waals surface area contributed by atoms with Gasteiger partial charge in [-0.15, -0.1) is 0 Å². The Morgan fingerprint density at radius 3 is 2.19 bits per heavy atom. The van der Waals surface area contributed by atoms with Gasteiger partial charge in [0.25, 0.3) is 5.92 Å². The number of alkyl halides is 8. The van der Waals surface area contributed by atoms with Gasteiger partial charge < -0.3 is 5.32 Å². The van der Waals surface area contributed by atoms with Crippen molar-refractivity contribution < 1.29 is 65.5 Å². The number of halogens is 11. The summed E-state index contributed by atoms with van der Waals surface area (Å²) in [5.74, 6) is -6.89. The van der Waals surface area contributed by atoms with Crippen LogP contribution in [0.1, 0.15) is 66.0 Å². The van der Waals surface area contributed by atoms with Crippen molar-refractivity contribution in [2.24, 2.45) is 5.92 Å². The fourth-order valence-corrected chi connectivity index (χ4v) is 8.50. The molecule has 0 radical (unpaired) electrons. The van der Waals surface area contributed by atoms with E-state index in [0.29, 0.717) is 17.0 Å². The number of nitrogens with zero attached hydrogens (tertiary/aromatic N) is 5. The quantitative estimate of drug-likeness (QED) is 0.102. The first-order valence-corrected chi connectivity index (χ1v) is 22.8. The summed E-state index contributed by atoms with van der Waals surface area (Å²) in [7, 11) is -8.04. The van der Waals surface area contributed by atoms with Crippen LogP contribution in [0.4, 0.5) is 49.7 Å². The lowest BCUT2D eigenvalue weighted by Gasteiger charge is -2.23. The molecule has 2 N–H and O–H groups in total. The van der Waals surface area contributed by atoms with Crippen molar-refractivity contribution in [2.45, 2.75) is 68.2 Å². The molecule has 3 atom stereocenters. The SMILES string of the molecule is CC(C)(C#Cc1ccc(-c2ccc(Cl)c3c(NS(C)(=O)=O)nn(CC(F)(F)F)c23)c([C@H](CNC(=O)Cn2nc(C(F)(F)F)c3c2C(F)(F)[C@@H]2C[C@H]32)c2cc(F)cc(F)c2)n1)S(C)(=O)=O. The molecule has 3 aromatic heterocycles.